The number of amides is 1. The molecule has 0 bridgehead atoms. The average molecular weight is 337 g/mol. The fourth-order valence-corrected chi connectivity index (χ4v) is 2.15. The molecule has 0 radical (unpaired) electrons. The van der Waals surface area contributed by atoms with Crippen LogP contribution in [0.2, 0.25) is 5.02 Å². The number of benzene rings is 1. The number of carbonyl (C=O) groups is 1. The van der Waals surface area contributed by atoms with E-state index in [1.54, 1.807) is 24.3 Å². The molecule has 0 saturated heterocycles. The monoisotopic (exact) mass is 336 g/mol. The van der Waals surface area contributed by atoms with Crippen molar-refractivity contribution in [1.29, 1.82) is 0 Å². The van der Waals surface area contributed by atoms with Gasteiger partial charge < -0.3 is 19.4 Å². The Kier molecular flexibility index (Phi) is 6.50. The van der Waals surface area contributed by atoms with Crippen LogP contribution in [-0.4, -0.2) is 38.0 Å². The summed E-state index contributed by atoms with van der Waals surface area (Å²) in [5.74, 6) is 1.32. The molecule has 2 rings (SSSR count). The van der Waals surface area contributed by atoms with Gasteiger partial charge in [0.2, 0.25) is 0 Å². The second-order valence-electron chi connectivity index (χ2n) is 5.42. The Balaban J connectivity index is 1.79. The first-order chi connectivity index (χ1) is 11.0. The topological polar surface area (TPSA) is 54.7 Å². The fraction of sp³-hybridized carbons (Fsp3) is 0.353. The number of hydrogen-bond acceptors (Lipinski definition) is 4. The number of rotatable bonds is 8. The minimum Gasteiger partial charge on any atom is -0.486 e. The second-order valence-corrected chi connectivity index (χ2v) is 5.86. The molecule has 0 aliphatic carbocycles. The van der Waals surface area contributed by atoms with Gasteiger partial charge >= 0.3 is 0 Å². The van der Waals surface area contributed by atoms with Crippen LogP contribution in [0.1, 0.15) is 22.7 Å². The van der Waals surface area contributed by atoms with Crippen molar-refractivity contribution in [3.05, 3.63) is 52.9 Å². The summed E-state index contributed by atoms with van der Waals surface area (Å²) in [6.07, 6.45) is 0.893. The zero-order valence-corrected chi connectivity index (χ0v) is 14.1. The van der Waals surface area contributed by atoms with Crippen LogP contribution in [0.15, 0.2) is 40.8 Å². The van der Waals surface area contributed by atoms with Crippen molar-refractivity contribution in [2.75, 3.05) is 27.2 Å². The summed E-state index contributed by atoms with van der Waals surface area (Å²) in [6.45, 7) is 1.79. The molecule has 0 fully saturated rings. The maximum atomic E-state index is 11.9. The predicted molar refractivity (Wildman–Crippen MR) is 90.0 cm³/mol. The summed E-state index contributed by atoms with van der Waals surface area (Å²) < 4.78 is 11.1. The molecule has 0 aliphatic rings. The van der Waals surface area contributed by atoms with Gasteiger partial charge in [0.15, 0.2) is 5.76 Å². The number of carbonyl (C=O) groups excluding carboxylic acids is 1. The minimum absolute atomic E-state index is 0.210. The Labute approximate surface area is 141 Å². The molecule has 0 unspecified atom stereocenters. The molecule has 1 aromatic heterocycles. The molecule has 2 aromatic rings. The molecule has 1 heterocycles. The van der Waals surface area contributed by atoms with Crippen LogP contribution < -0.4 is 10.1 Å². The Bertz CT molecular complexity index is 640. The zero-order valence-electron chi connectivity index (χ0n) is 13.3. The van der Waals surface area contributed by atoms with Gasteiger partial charge in [0, 0.05) is 11.6 Å². The van der Waals surface area contributed by atoms with Crippen molar-refractivity contribution < 1.29 is 13.9 Å². The lowest BCUT2D eigenvalue weighted by Gasteiger charge is -2.09. The van der Waals surface area contributed by atoms with Crippen LogP contribution in [0, 0.1) is 0 Å². The maximum Gasteiger partial charge on any atom is 0.286 e. The van der Waals surface area contributed by atoms with Crippen molar-refractivity contribution >= 4 is 17.5 Å². The Morgan fingerprint density at radius 1 is 1.30 bits per heavy atom. The van der Waals surface area contributed by atoms with Crippen LogP contribution in [0.3, 0.4) is 0 Å². The van der Waals surface area contributed by atoms with Crippen LogP contribution in [-0.2, 0) is 6.61 Å². The van der Waals surface area contributed by atoms with Crippen LogP contribution in [0.5, 0.6) is 5.75 Å². The Morgan fingerprint density at radius 3 is 2.87 bits per heavy atom. The van der Waals surface area contributed by atoms with E-state index in [9.17, 15) is 4.79 Å². The second kappa shape index (κ2) is 8.60. The van der Waals surface area contributed by atoms with Crippen molar-refractivity contribution in [1.82, 2.24) is 10.2 Å². The van der Waals surface area contributed by atoms with E-state index >= 15 is 0 Å². The van der Waals surface area contributed by atoms with Crippen LogP contribution in [0.25, 0.3) is 0 Å². The highest BCUT2D eigenvalue weighted by atomic mass is 35.5. The van der Waals surface area contributed by atoms with E-state index in [-0.39, 0.29) is 12.5 Å². The highest BCUT2D eigenvalue weighted by Crippen LogP contribution is 2.19. The first-order valence-electron chi connectivity index (χ1n) is 7.44. The van der Waals surface area contributed by atoms with Gasteiger partial charge in [-0.15, -0.1) is 0 Å². The van der Waals surface area contributed by atoms with Gasteiger partial charge in [0.1, 0.15) is 18.1 Å². The highest BCUT2D eigenvalue weighted by Gasteiger charge is 2.11. The smallest absolute Gasteiger partial charge is 0.286 e. The van der Waals surface area contributed by atoms with E-state index in [4.69, 9.17) is 20.8 Å². The van der Waals surface area contributed by atoms with Gasteiger partial charge in [-0.05, 0) is 57.4 Å². The lowest BCUT2D eigenvalue weighted by Crippen LogP contribution is -2.26. The van der Waals surface area contributed by atoms with Crippen molar-refractivity contribution in [3.63, 3.8) is 0 Å². The first kappa shape index (κ1) is 17.4. The number of hydrogen-bond donors (Lipinski definition) is 1. The van der Waals surface area contributed by atoms with Crippen molar-refractivity contribution in [3.8, 4) is 5.75 Å². The van der Waals surface area contributed by atoms with Crippen LogP contribution in [0.4, 0.5) is 0 Å². The predicted octanol–water partition coefficient (Wildman–Crippen LogP) is 3.19. The molecular formula is C17H21ClN2O3. The van der Waals surface area contributed by atoms with Gasteiger partial charge in [-0.2, -0.15) is 0 Å². The van der Waals surface area contributed by atoms with Gasteiger partial charge in [0.05, 0.1) is 0 Å². The SMILES string of the molecule is CN(C)CCCNC(=O)c1ccc(COc2cccc(Cl)c2)o1. The number of nitrogens with one attached hydrogen (secondary N) is 1. The van der Waals surface area contributed by atoms with Crippen molar-refractivity contribution in [2.45, 2.75) is 13.0 Å². The van der Waals surface area contributed by atoms with Gasteiger partial charge in [-0.1, -0.05) is 17.7 Å². The average Bonchev–Trinajstić information content (AvgIpc) is 2.98. The molecule has 1 amide bonds. The van der Waals surface area contributed by atoms with E-state index in [0.717, 1.165) is 13.0 Å². The van der Waals surface area contributed by atoms with E-state index in [1.807, 2.05) is 26.2 Å². The van der Waals surface area contributed by atoms with E-state index in [1.165, 1.54) is 0 Å². The molecule has 0 aliphatic heterocycles. The van der Waals surface area contributed by atoms with Gasteiger partial charge in [0.25, 0.3) is 5.91 Å². The largest absolute Gasteiger partial charge is 0.486 e. The number of furan rings is 1. The molecule has 6 heteroatoms. The summed E-state index contributed by atoms with van der Waals surface area (Å²) >= 11 is 5.89. The third-order valence-electron chi connectivity index (χ3n) is 3.13. The van der Waals surface area contributed by atoms with Gasteiger partial charge in [-0.25, -0.2) is 0 Å². The fourth-order valence-electron chi connectivity index (χ4n) is 1.97. The third-order valence-corrected chi connectivity index (χ3v) is 3.37. The molecule has 124 valence electrons. The standard InChI is InChI=1S/C17H21ClN2O3/c1-20(2)10-4-9-19-17(21)16-8-7-15(23-16)12-22-14-6-3-5-13(18)11-14/h3,5-8,11H,4,9-10,12H2,1-2H3,(H,19,21). The van der Waals surface area contributed by atoms with Crippen molar-refractivity contribution in [2.24, 2.45) is 0 Å². The number of nitrogens with zero attached hydrogens (tertiary/aromatic N) is 1. The normalized spacial score (nSPS) is 10.8. The maximum absolute atomic E-state index is 11.9. The summed E-state index contributed by atoms with van der Waals surface area (Å²) in [6, 6.07) is 10.5. The number of halogens is 1. The van der Waals surface area contributed by atoms with E-state index in [0.29, 0.717) is 28.8 Å². The van der Waals surface area contributed by atoms with E-state index < -0.39 is 0 Å². The lowest BCUT2D eigenvalue weighted by atomic mass is 10.3. The summed E-state index contributed by atoms with van der Waals surface area (Å²) in [5, 5.41) is 3.44. The van der Waals surface area contributed by atoms with Crippen LogP contribution >= 0.6 is 11.6 Å². The van der Waals surface area contributed by atoms with E-state index in [2.05, 4.69) is 10.2 Å². The zero-order chi connectivity index (χ0) is 16.7. The molecule has 0 atom stereocenters. The summed E-state index contributed by atoms with van der Waals surface area (Å²) in [5.41, 5.74) is 0. The molecular weight excluding hydrogens is 316 g/mol. The highest BCUT2D eigenvalue weighted by molar-refractivity contribution is 6.30. The Morgan fingerprint density at radius 2 is 2.13 bits per heavy atom. The molecule has 5 nitrogen and oxygen atoms in total. The molecule has 0 saturated carbocycles. The minimum atomic E-state index is -0.210. The lowest BCUT2D eigenvalue weighted by molar-refractivity contribution is 0.0920. The summed E-state index contributed by atoms with van der Waals surface area (Å²) in [4.78, 5) is 14.0. The molecule has 1 aromatic carbocycles. The first-order valence-corrected chi connectivity index (χ1v) is 7.82. The third kappa shape index (κ3) is 5.96. The molecule has 23 heavy (non-hydrogen) atoms. The molecule has 1 N–H and O–H groups in total. The summed E-state index contributed by atoms with van der Waals surface area (Å²) in [7, 11) is 4.00. The van der Waals surface area contributed by atoms with Gasteiger partial charge in [-0.3, -0.25) is 4.79 Å². The number of ether oxygens (including phenoxy) is 1. The Hall–Kier alpha value is -1.98. The molecule has 0 spiro atoms. The quantitative estimate of drug-likeness (QED) is 0.752.